The third-order valence-corrected chi connectivity index (χ3v) is 5.71. The third-order valence-electron chi connectivity index (χ3n) is 5.71. The molecule has 1 aliphatic rings. The number of anilines is 1. The smallest absolute Gasteiger partial charge is 0.326 e. The first-order chi connectivity index (χ1) is 16.5. The van der Waals surface area contributed by atoms with Gasteiger partial charge in [0.2, 0.25) is 5.82 Å². The van der Waals surface area contributed by atoms with Crippen LogP contribution in [0.3, 0.4) is 0 Å². The van der Waals surface area contributed by atoms with Crippen molar-refractivity contribution in [3.63, 3.8) is 0 Å². The summed E-state index contributed by atoms with van der Waals surface area (Å²) in [6, 6.07) is 21.9. The van der Waals surface area contributed by atoms with Crippen LogP contribution in [0.15, 0.2) is 89.1 Å². The van der Waals surface area contributed by atoms with Gasteiger partial charge in [-0.3, -0.25) is 4.90 Å². The molecule has 0 fully saturated rings. The molecule has 1 aliphatic heterocycles. The largest absolute Gasteiger partial charge is 0.497 e. The number of carbonyl (C=O) groups excluding carboxylic acids is 1. The third kappa shape index (κ3) is 3.90. The fraction of sp³-hybridized carbons (Fsp3) is 0.115. The normalized spacial score (nSPS) is 15.9. The van der Waals surface area contributed by atoms with Crippen molar-refractivity contribution < 1.29 is 18.4 Å². The van der Waals surface area contributed by atoms with E-state index in [1.54, 1.807) is 48.4 Å². The number of hydrogen-bond donors (Lipinski definition) is 1. The Kier molecular flexibility index (Phi) is 5.55. The lowest BCUT2D eigenvalue weighted by atomic mass is 9.94. The highest BCUT2D eigenvalue weighted by Crippen LogP contribution is 2.39. The lowest BCUT2D eigenvalue weighted by Crippen LogP contribution is -2.46. The molecule has 0 bridgehead atoms. The molecule has 1 aromatic heterocycles. The van der Waals surface area contributed by atoms with E-state index in [4.69, 9.17) is 9.26 Å². The summed E-state index contributed by atoms with van der Waals surface area (Å²) in [5.74, 6) is 0.936. The Hall–Kier alpha value is -4.46. The Labute approximate surface area is 195 Å². The lowest BCUT2D eigenvalue weighted by Gasteiger charge is -2.35. The first-order valence-corrected chi connectivity index (χ1v) is 10.7. The fourth-order valence-electron chi connectivity index (χ4n) is 4.01. The number of nitrogens with zero attached hydrogens (tertiary/aromatic N) is 3. The van der Waals surface area contributed by atoms with Crippen molar-refractivity contribution in [1.29, 1.82) is 0 Å². The quantitative estimate of drug-likeness (QED) is 0.424. The SMILES string of the molecule is COc1ccc(N2C(=O)NC(c3ccccc3)C(c3nc(-c4ccc(F)cc4)no3)=C2C)cc1. The Balaban J connectivity index is 1.63. The molecule has 0 saturated carbocycles. The van der Waals surface area contributed by atoms with Crippen LogP contribution >= 0.6 is 0 Å². The van der Waals surface area contributed by atoms with E-state index in [0.717, 1.165) is 5.56 Å². The highest BCUT2D eigenvalue weighted by Gasteiger charge is 2.36. The van der Waals surface area contributed by atoms with Crippen LogP contribution < -0.4 is 15.0 Å². The van der Waals surface area contributed by atoms with Gasteiger partial charge in [-0.2, -0.15) is 4.98 Å². The predicted octanol–water partition coefficient (Wildman–Crippen LogP) is 5.59. The van der Waals surface area contributed by atoms with E-state index in [1.165, 1.54) is 12.1 Å². The maximum absolute atomic E-state index is 13.4. The molecule has 5 rings (SSSR count). The molecule has 0 radical (unpaired) electrons. The zero-order valence-electron chi connectivity index (χ0n) is 18.5. The van der Waals surface area contributed by atoms with E-state index >= 15 is 0 Å². The number of aromatic nitrogens is 2. The number of halogens is 1. The number of carbonyl (C=O) groups is 1. The average Bonchev–Trinajstić information content (AvgIpc) is 3.35. The molecule has 7 nitrogen and oxygen atoms in total. The molecule has 170 valence electrons. The van der Waals surface area contributed by atoms with Crippen molar-refractivity contribution in [3.8, 4) is 17.1 Å². The minimum atomic E-state index is -0.496. The van der Waals surface area contributed by atoms with Gasteiger partial charge in [-0.05, 0) is 61.0 Å². The van der Waals surface area contributed by atoms with Crippen LogP contribution in [0, 0.1) is 5.82 Å². The topological polar surface area (TPSA) is 80.5 Å². The van der Waals surface area contributed by atoms with Gasteiger partial charge >= 0.3 is 6.03 Å². The number of allylic oxidation sites excluding steroid dienone is 1. The van der Waals surface area contributed by atoms with Gasteiger partial charge in [0.1, 0.15) is 11.6 Å². The van der Waals surface area contributed by atoms with Crippen molar-refractivity contribution in [3.05, 3.63) is 102 Å². The maximum Gasteiger partial charge on any atom is 0.326 e. The van der Waals surface area contributed by atoms with E-state index in [9.17, 15) is 9.18 Å². The van der Waals surface area contributed by atoms with Gasteiger partial charge in [0.25, 0.3) is 5.89 Å². The van der Waals surface area contributed by atoms with Gasteiger partial charge in [-0.15, -0.1) is 0 Å². The lowest BCUT2D eigenvalue weighted by molar-refractivity contribution is 0.244. The number of ether oxygens (including phenoxy) is 1. The minimum absolute atomic E-state index is 0.268. The molecule has 0 aliphatic carbocycles. The number of urea groups is 1. The number of hydrogen-bond acceptors (Lipinski definition) is 5. The van der Waals surface area contributed by atoms with Crippen LogP contribution in [0.25, 0.3) is 17.0 Å². The molecule has 1 unspecified atom stereocenters. The van der Waals surface area contributed by atoms with Crippen LogP contribution in [0.1, 0.15) is 24.4 Å². The second kappa shape index (κ2) is 8.82. The summed E-state index contributed by atoms with van der Waals surface area (Å²) >= 11 is 0. The first-order valence-electron chi connectivity index (χ1n) is 10.7. The molecule has 8 heteroatoms. The van der Waals surface area contributed by atoms with Gasteiger partial charge in [0.15, 0.2) is 0 Å². The summed E-state index contributed by atoms with van der Waals surface area (Å²) in [7, 11) is 1.59. The average molecular weight is 456 g/mol. The van der Waals surface area contributed by atoms with E-state index in [0.29, 0.717) is 34.1 Å². The van der Waals surface area contributed by atoms with Gasteiger partial charge < -0.3 is 14.6 Å². The van der Waals surface area contributed by atoms with Crippen LogP contribution in [0.2, 0.25) is 0 Å². The number of benzene rings is 3. The molecule has 0 spiro atoms. The summed E-state index contributed by atoms with van der Waals surface area (Å²) < 4.78 is 24.2. The van der Waals surface area contributed by atoms with Gasteiger partial charge in [-0.25, -0.2) is 9.18 Å². The van der Waals surface area contributed by atoms with Gasteiger partial charge in [0.05, 0.1) is 24.4 Å². The highest BCUT2D eigenvalue weighted by molar-refractivity contribution is 6.01. The summed E-state index contributed by atoms with van der Waals surface area (Å²) in [4.78, 5) is 19.4. The summed E-state index contributed by atoms with van der Waals surface area (Å²) in [5, 5.41) is 7.17. The molecule has 1 N–H and O–H groups in total. The maximum atomic E-state index is 13.4. The van der Waals surface area contributed by atoms with Crippen molar-refractivity contribution in [2.24, 2.45) is 0 Å². The van der Waals surface area contributed by atoms with E-state index < -0.39 is 6.04 Å². The molecular formula is C26H21FN4O3. The number of methoxy groups -OCH3 is 1. The van der Waals surface area contributed by atoms with Gasteiger partial charge in [0, 0.05) is 11.3 Å². The molecule has 4 aromatic rings. The standard InChI is InChI=1S/C26H21FN4O3/c1-16-22(25-29-24(30-34-25)18-8-10-19(27)11-9-18)23(17-6-4-3-5-7-17)28-26(32)31(16)20-12-14-21(33-2)15-13-20/h3-15,23H,1-2H3,(H,28,32). The molecule has 2 heterocycles. The van der Waals surface area contributed by atoms with Crippen LogP contribution in [0.5, 0.6) is 5.75 Å². The second-order valence-corrected chi connectivity index (χ2v) is 7.76. The minimum Gasteiger partial charge on any atom is -0.497 e. The summed E-state index contributed by atoms with van der Waals surface area (Å²) in [6.07, 6.45) is 0. The Morgan fingerprint density at radius 2 is 1.71 bits per heavy atom. The molecular weight excluding hydrogens is 435 g/mol. The monoisotopic (exact) mass is 456 g/mol. The zero-order chi connectivity index (χ0) is 23.7. The Bertz CT molecular complexity index is 1350. The van der Waals surface area contributed by atoms with Crippen molar-refractivity contribution >= 4 is 17.3 Å². The van der Waals surface area contributed by atoms with E-state index in [1.807, 2.05) is 37.3 Å². The van der Waals surface area contributed by atoms with Crippen molar-refractivity contribution in [1.82, 2.24) is 15.5 Å². The van der Waals surface area contributed by atoms with Crippen LogP contribution in [-0.2, 0) is 0 Å². The number of nitrogens with one attached hydrogen (secondary N) is 1. The zero-order valence-corrected chi connectivity index (χ0v) is 18.5. The fourth-order valence-corrected chi connectivity index (χ4v) is 4.01. The van der Waals surface area contributed by atoms with Gasteiger partial charge in [-0.1, -0.05) is 35.5 Å². The number of amides is 2. The second-order valence-electron chi connectivity index (χ2n) is 7.76. The molecule has 2 amide bonds. The van der Waals surface area contributed by atoms with Crippen molar-refractivity contribution in [2.75, 3.05) is 12.0 Å². The van der Waals surface area contributed by atoms with Crippen LogP contribution in [-0.4, -0.2) is 23.3 Å². The summed E-state index contributed by atoms with van der Waals surface area (Å²) in [5.41, 5.74) is 3.48. The van der Waals surface area contributed by atoms with Crippen molar-refractivity contribution in [2.45, 2.75) is 13.0 Å². The molecule has 0 saturated heterocycles. The molecule has 1 atom stereocenters. The first kappa shape index (κ1) is 21.4. The Morgan fingerprint density at radius 3 is 2.38 bits per heavy atom. The highest BCUT2D eigenvalue weighted by atomic mass is 19.1. The van der Waals surface area contributed by atoms with Crippen LogP contribution in [0.4, 0.5) is 14.9 Å². The predicted molar refractivity (Wildman–Crippen MR) is 125 cm³/mol. The van der Waals surface area contributed by atoms with E-state index in [2.05, 4.69) is 15.5 Å². The molecule has 3 aromatic carbocycles. The summed E-state index contributed by atoms with van der Waals surface area (Å²) in [6.45, 7) is 1.84. The number of rotatable bonds is 5. The van der Waals surface area contributed by atoms with E-state index in [-0.39, 0.29) is 17.7 Å². The molecule has 34 heavy (non-hydrogen) atoms. The Morgan fingerprint density at radius 1 is 1.00 bits per heavy atom.